The Labute approximate surface area is 139 Å². The van der Waals surface area contributed by atoms with Crippen LogP contribution in [0.2, 0.25) is 0 Å². The summed E-state index contributed by atoms with van der Waals surface area (Å²) >= 11 is 5.08. The molecular formula is C14H22BrClN2OS. The third-order valence-corrected chi connectivity index (χ3v) is 5.82. The molecule has 0 spiro atoms. The van der Waals surface area contributed by atoms with Crippen LogP contribution in [0.25, 0.3) is 0 Å². The first-order chi connectivity index (χ1) is 8.81. The predicted octanol–water partition coefficient (Wildman–Crippen LogP) is 3.62. The molecule has 1 aromatic rings. The molecule has 2 unspecified atom stereocenters. The lowest BCUT2D eigenvalue weighted by molar-refractivity contribution is -0.135. The molecule has 20 heavy (non-hydrogen) atoms. The summed E-state index contributed by atoms with van der Waals surface area (Å²) in [5.74, 6) is 0.149. The second-order valence-electron chi connectivity index (χ2n) is 6.01. The normalized spacial score (nSPS) is 23.1. The van der Waals surface area contributed by atoms with Gasteiger partial charge in [0.2, 0.25) is 5.91 Å². The monoisotopic (exact) mass is 380 g/mol. The summed E-state index contributed by atoms with van der Waals surface area (Å²) in [6, 6.07) is 4.21. The number of piperidine rings is 1. The molecule has 0 saturated carbocycles. The highest BCUT2D eigenvalue weighted by atomic mass is 79.9. The van der Waals surface area contributed by atoms with Crippen molar-refractivity contribution in [3.63, 3.8) is 0 Å². The highest BCUT2D eigenvalue weighted by molar-refractivity contribution is 9.11. The Kier molecular flexibility index (Phi) is 6.08. The van der Waals surface area contributed by atoms with Crippen LogP contribution in [-0.4, -0.2) is 29.9 Å². The van der Waals surface area contributed by atoms with Crippen LogP contribution in [-0.2, 0) is 4.79 Å². The topological polar surface area (TPSA) is 46.3 Å². The number of halogens is 2. The van der Waals surface area contributed by atoms with Crippen molar-refractivity contribution in [1.82, 2.24) is 4.90 Å². The lowest BCUT2D eigenvalue weighted by atomic mass is 9.79. The van der Waals surface area contributed by atoms with Crippen molar-refractivity contribution in [3.05, 3.63) is 20.8 Å². The molecule has 0 aliphatic carbocycles. The molecule has 114 valence electrons. The number of rotatable bonds is 2. The van der Waals surface area contributed by atoms with E-state index in [-0.39, 0.29) is 35.7 Å². The van der Waals surface area contributed by atoms with Crippen LogP contribution in [0, 0.1) is 5.41 Å². The molecular weight excluding hydrogens is 360 g/mol. The average Bonchev–Trinajstić information content (AvgIpc) is 2.77. The molecule has 0 radical (unpaired) electrons. The molecule has 3 nitrogen and oxygen atoms in total. The van der Waals surface area contributed by atoms with Gasteiger partial charge in [-0.1, -0.05) is 13.8 Å². The smallest absolute Gasteiger partial charge is 0.230 e. The Balaban J connectivity index is 0.00000200. The van der Waals surface area contributed by atoms with Gasteiger partial charge in [0.25, 0.3) is 0 Å². The molecule has 1 amide bonds. The summed E-state index contributed by atoms with van der Waals surface area (Å²) in [5, 5.41) is 0. The first-order valence-corrected chi connectivity index (χ1v) is 8.22. The predicted molar refractivity (Wildman–Crippen MR) is 90.6 cm³/mol. The van der Waals surface area contributed by atoms with Crippen molar-refractivity contribution in [2.45, 2.75) is 39.2 Å². The van der Waals surface area contributed by atoms with Crippen LogP contribution in [0.5, 0.6) is 0 Å². The molecule has 1 fully saturated rings. The zero-order valence-electron chi connectivity index (χ0n) is 12.1. The van der Waals surface area contributed by atoms with Crippen molar-refractivity contribution in [1.29, 1.82) is 0 Å². The Bertz CT molecular complexity index is 477. The molecule has 1 aromatic heterocycles. The van der Waals surface area contributed by atoms with E-state index in [9.17, 15) is 4.79 Å². The van der Waals surface area contributed by atoms with Crippen LogP contribution in [0.4, 0.5) is 0 Å². The van der Waals surface area contributed by atoms with Gasteiger partial charge >= 0.3 is 0 Å². The molecule has 1 aliphatic heterocycles. The molecule has 0 aromatic carbocycles. The number of nitrogens with zero attached hydrogens (tertiary/aromatic N) is 1. The second kappa shape index (κ2) is 6.77. The van der Waals surface area contributed by atoms with E-state index >= 15 is 0 Å². The fraction of sp³-hybridized carbons (Fsp3) is 0.643. The minimum absolute atomic E-state index is 0. The molecule has 0 bridgehead atoms. The van der Waals surface area contributed by atoms with E-state index in [4.69, 9.17) is 5.73 Å². The highest BCUT2D eigenvalue weighted by Crippen LogP contribution is 2.33. The maximum atomic E-state index is 12.6. The van der Waals surface area contributed by atoms with Gasteiger partial charge < -0.3 is 10.6 Å². The summed E-state index contributed by atoms with van der Waals surface area (Å²) in [6.07, 6.45) is 0.888. The number of thiophene rings is 1. The van der Waals surface area contributed by atoms with E-state index in [0.29, 0.717) is 0 Å². The molecule has 1 saturated heterocycles. The standard InChI is InChI=1S/C14H21BrN2OS.ClH/c1-9(10-4-5-12(15)19-10)13(18)17-7-6-11(16)14(2,3)8-17;/h4-5,9,11H,6-8,16H2,1-3H3;1H. The second-order valence-corrected chi connectivity index (χ2v) is 8.50. The van der Waals surface area contributed by atoms with Gasteiger partial charge in [-0.2, -0.15) is 0 Å². The quantitative estimate of drug-likeness (QED) is 0.850. The minimum atomic E-state index is -0.0681. The SMILES string of the molecule is CC(C(=O)N1CCC(N)C(C)(C)C1)c1ccc(Br)s1.Cl. The van der Waals surface area contributed by atoms with Crippen LogP contribution < -0.4 is 5.73 Å². The van der Waals surface area contributed by atoms with Crippen LogP contribution in [0.3, 0.4) is 0 Å². The number of amides is 1. The van der Waals surface area contributed by atoms with Gasteiger partial charge in [-0.3, -0.25) is 4.79 Å². The third kappa shape index (κ3) is 3.75. The van der Waals surface area contributed by atoms with E-state index in [1.807, 2.05) is 24.0 Å². The molecule has 2 atom stereocenters. The van der Waals surface area contributed by atoms with E-state index in [1.54, 1.807) is 11.3 Å². The number of carbonyl (C=O) groups excluding carboxylic acids is 1. The fourth-order valence-corrected chi connectivity index (χ4v) is 3.99. The maximum absolute atomic E-state index is 12.6. The Hall–Kier alpha value is -0.100. The number of carbonyl (C=O) groups is 1. The van der Waals surface area contributed by atoms with Crippen LogP contribution in [0.15, 0.2) is 15.9 Å². The number of hydrogen-bond donors (Lipinski definition) is 1. The largest absolute Gasteiger partial charge is 0.341 e. The first kappa shape index (κ1) is 18.0. The minimum Gasteiger partial charge on any atom is -0.341 e. The van der Waals surface area contributed by atoms with Crippen molar-refractivity contribution in [3.8, 4) is 0 Å². The average molecular weight is 382 g/mol. The summed E-state index contributed by atoms with van der Waals surface area (Å²) in [4.78, 5) is 15.7. The van der Waals surface area contributed by atoms with E-state index in [1.165, 1.54) is 0 Å². The highest BCUT2D eigenvalue weighted by Gasteiger charge is 2.36. The number of hydrogen-bond acceptors (Lipinski definition) is 3. The summed E-state index contributed by atoms with van der Waals surface area (Å²) in [7, 11) is 0. The van der Waals surface area contributed by atoms with E-state index in [2.05, 4.69) is 29.8 Å². The Morgan fingerprint density at radius 3 is 2.70 bits per heavy atom. The zero-order chi connectivity index (χ0) is 14.2. The van der Waals surface area contributed by atoms with Gasteiger partial charge in [-0.25, -0.2) is 0 Å². The van der Waals surface area contributed by atoms with E-state index in [0.717, 1.165) is 28.2 Å². The van der Waals surface area contributed by atoms with Crippen LogP contribution >= 0.6 is 39.7 Å². The fourth-order valence-electron chi connectivity index (χ4n) is 2.52. The van der Waals surface area contributed by atoms with Gasteiger partial charge in [-0.15, -0.1) is 23.7 Å². The summed E-state index contributed by atoms with van der Waals surface area (Å²) in [6.45, 7) is 7.80. The zero-order valence-corrected chi connectivity index (χ0v) is 15.3. The van der Waals surface area contributed by atoms with Crippen LogP contribution in [0.1, 0.15) is 38.0 Å². The van der Waals surface area contributed by atoms with E-state index < -0.39 is 0 Å². The van der Waals surface area contributed by atoms with Gasteiger partial charge in [0.05, 0.1) is 9.70 Å². The number of likely N-dealkylation sites (tertiary alicyclic amines) is 1. The molecule has 6 heteroatoms. The number of nitrogens with two attached hydrogens (primary N) is 1. The molecule has 1 aliphatic rings. The van der Waals surface area contributed by atoms with Crippen molar-refractivity contribution >= 4 is 45.6 Å². The maximum Gasteiger partial charge on any atom is 0.230 e. The third-order valence-electron chi connectivity index (χ3n) is 4.02. The lowest BCUT2D eigenvalue weighted by Crippen LogP contribution is -2.54. The summed E-state index contributed by atoms with van der Waals surface area (Å²) in [5.41, 5.74) is 6.13. The Morgan fingerprint density at radius 2 is 2.20 bits per heavy atom. The molecule has 2 N–H and O–H groups in total. The van der Waals surface area contributed by atoms with Gasteiger partial charge in [0.15, 0.2) is 0 Å². The van der Waals surface area contributed by atoms with Crippen molar-refractivity contribution in [2.75, 3.05) is 13.1 Å². The van der Waals surface area contributed by atoms with Crippen molar-refractivity contribution < 1.29 is 4.79 Å². The molecule has 2 rings (SSSR count). The first-order valence-electron chi connectivity index (χ1n) is 6.61. The Morgan fingerprint density at radius 1 is 1.55 bits per heavy atom. The van der Waals surface area contributed by atoms with Gasteiger partial charge in [0.1, 0.15) is 0 Å². The lowest BCUT2D eigenvalue weighted by Gasteiger charge is -2.43. The van der Waals surface area contributed by atoms with Crippen molar-refractivity contribution in [2.24, 2.45) is 11.1 Å². The summed E-state index contributed by atoms with van der Waals surface area (Å²) < 4.78 is 1.07. The molecule has 2 heterocycles. The van der Waals surface area contributed by atoms with Gasteiger partial charge in [0, 0.05) is 24.0 Å². The van der Waals surface area contributed by atoms with Gasteiger partial charge in [-0.05, 0) is 46.8 Å².